The Hall–Kier alpha value is -1.14. The lowest BCUT2D eigenvalue weighted by Crippen LogP contribution is -2.60. The normalized spacial score (nSPS) is 26.4. The van der Waals surface area contributed by atoms with Gasteiger partial charge in [-0.25, -0.2) is 4.79 Å². The van der Waals surface area contributed by atoms with Crippen molar-refractivity contribution in [2.45, 2.75) is 76.4 Å². The van der Waals surface area contributed by atoms with Crippen molar-refractivity contribution >= 4 is 11.9 Å². The van der Waals surface area contributed by atoms with Crippen LogP contribution in [-0.2, 0) is 14.3 Å². The number of nitrogens with one attached hydrogen (secondary N) is 2. The fraction of sp³-hybridized carbons (Fsp3) is 0.882. The largest absolute Gasteiger partial charge is 0.480 e. The zero-order valence-electron chi connectivity index (χ0n) is 14.7. The van der Waals surface area contributed by atoms with E-state index in [1.165, 1.54) is 0 Å². The van der Waals surface area contributed by atoms with Crippen molar-refractivity contribution in [3.63, 3.8) is 0 Å². The van der Waals surface area contributed by atoms with Crippen LogP contribution in [0, 0.1) is 5.92 Å². The number of ether oxygens (including phenoxy) is 1. The summed E-state index contributed by atoms with van der Waals surface area (Å²) < 4.78 is 5.24. The van der Waals surface area contributed by atoms with E-state index in [4.69, 9.17) is 4.74 Å². The van der Waals surface area contributed by atoms with E-state index in [1.807, 2.05) is 0 Å². The van der Waals surface area contributed by atoms with Crippen molar-refractivity contribution in [2.24, 2.45) is 5.92 Å². The van der Waals surface area contributed by atoms with Crippen LogP contribution in [0.4, 0.5) is 0 Å². The van der Waals surface area contributed by atoms with Crippen LogP contribution in [0.1, 0.15) is 59.8 Å². The molecule has 23 heavy (non-hydrogen) atoms. The van der Waals surface area contributed by atoms with E-state index in [-0.39, 0.29) is 22.9 Å². The second kappa shape index (κ2) is 6.40. The van der Waals surface area contributed by atoms with Gasteiger partial charge in [-0.3, -0.25) is 4.79 Å². The average molecular weight is 326 g/mol. The zero-order valence-corrected chi connectivity index (χ0v) is 14.7. The van der Waals surface area contributed by atoms with Crippen molar-refractivity contribution in [1.29, 1.82) is 0 Å². The van der Waals surface area contributed by atoms with E-state index in [0.717, 1.165) is 12.8 Å². The molecule has 0 spiro atoms. The summed E-state index contributed by atoms with van der Waals surface area (Å²) in [6, 6.07) is 0. The zero-order chi connectivity index (χ0) is 17.3. The molecule has 0 saturated carbocycles. The summed E-state index contributed by atoms with van der Waals surface area (Å²) in [6.45, 7) is 9.35. The number of carbonyl (C=O) groups excluding carboxylic acids is 1. The quantitative estimate of drug-likeness (QED) is 0.732. The summed E-state index contributed by atoms with van der Waals surface area (Å²) >= 11 is 0. The second-order valence-electron chi connectivity index (χ2n) is 8.42. The molecule has 2 heterocycles. The lowest BCUT2D eigenvalue weighted by Gasteiger charge is -2.46. The number of amides is 1. The molecule has 2 aliphatic rings. The van der Waals surface area contributed by atoms with E-state index in [0.29, 0.717) is 32.5 Å². The van der Waals surface area contributed by atoms with Gasteiger partial charge >= 0.3 is 5.97 Å². The molecule has 132 valence electrons. The average Bonchev–Trinajstić information content (AvgIpc) is 2.35. The van der Waals surface area contributed by atoms with Crippen LogP contribution >= 0.6 is 0 Å². The van der Waals surface area contributed by atoms with Gasteiger partial charge in [-0.2, -0.15) is 0 Å². The smallest absolute Gasteiger partial charge is 0.329 e. The Kier molecular flexibility index (Phi) is 5.06. The van der Waals surface area contributed by atoms with Gasteiger partial charge in [-0.1, -0.05) is 0 Å². The number of piperidine rings is 1. The standard InChI is InChI=1S/C17H30N2O4/c1-15(2)10-12(11-16(3,4)19-15)9-13(20)18-17(14(21)22)5-7-23-8-6-17/h12,19H,5-11H2,1-4H3,(H,18,20)(H,21,22). The Morgan fingerprint density at radius 3 is 2.13 bits per heavy atom. The first kappa shape index (κ1) is 18.2. The number of hydrogen-bond donors (Lipinski definition) is 3. The van der Waals surface area contributed by atoms with E-state index in [9.17, 15) is 14.7 Å². The molecule has 2 fully saturated rings. The van der Waals surface area contributed by atoms with Gasteiger partial charge in [0.25, 0.3) is 0 Å². The highest BCUT2D eigenvalue weighted by Crippen LogP contribution is 2.34. The van der Waals surface area contributed by atoms with Gasteiger partial charge in [0.2, 0.25) is 5.91 Å². The molecule has 3 N–H and O–H groups in total. The summed E-state index contributed by atoms with van der Waals surface area (Å²) in [7, 11) is 0. The molecule has 0 bridgehead atoms. The molecule has 6 nitrogen and oxygen atoms in total. The van der Waals surface area contributed by atoms with E-state index in [1.54, 1.807) is 0 Å². The molecule has 0 aromatic rings. The van der Waals surface area contributed by atoms with Gasteiger partial charge in [0.15, 0.2) is 0 Å². The van der Waals surface area contributed by atoms with Crippen molar-refractivity contribution in [1.82, 2.24) is 10.6 Å². The van der Waals surface area contributed by atoms with Gasteiger partial charge in [0.1, 0.15) is 5.54 Å². The number of aliphatic carboxylic acids is 1. The summed E-state index contributed by atoms with van der Waals surface area (Å²) in [5.41, 5.74) is -1.20. The van der Waals surface area contributed by atoms with Crippen LogP contribution in [0.15, 0.2) is 0 Å². The molecule has 0 aromatic carbocycles. The Morgan fingerprint density at radius 2 is 1.65 bits per heavy atom. The number of carbonyl (C=O) groups is 2. The Bertz CT molecular complexity index is 451. The molecule has 1 amide bonds. The van der Waals surface area contributed by atoms with E-state index in [2.05, 4.69) is 38.3 Å². The first-order chi connectivity index (χ1) is 10.5. The fourth-order valence-corrected chi connectivity index (χ4v) is 4.37. The van der Waals surface area contributed by atoms with Gasteiger partial charge in [0, 0.05) is 43.6 Å². The molecule has 0 aromatic heterocycles. The maximum Gasteiger partial charge on any atom is 0.329 e. The lowest BCUT2D eigenvalue weighted by atomic mass is 9.74. The Morgan fingerprint density at radius 1 is 1.13 bits per heavy atom. The van der Waals surface area contributed by atoms with Crippen LogP contribution < -0.4 is 10.6 Å². The minimum atomic E-state index is -1.16. The molecule has 0 atom stereocenters. The first-order valence-electron chi connectivity index (χ1n) is 8.45. The van der Waals surface area contributed by atoms with Crippen LogP contribution in [0.2, 0.25) is 0 Å². The van der Waals surface area contributed by atoms with E-state index >= 15 is 0 Å². The van der Waals surface area contributed by atoms with Crippen LogP contribution in [-0.4, -0.2) is 46.8 Å². The molecular formula is C17H30N2O4. The maximum absolute atomic E-state index is 12.5. The maximum atomic E-state index is 12.5. The third-order valence-corrected chi connectivity index (χ3v) is 4.88. The second-order valence-corrected chi connectivity index (χ2v) is 8.42. The molecular weight excluding hydrogens is 296 g/mol. The van der Waals surface area contributed by atoms with Crippen molar-refractivity contribution in [3.05, 3.63) is 0 Å². The topological polar surface area (TPSA) is 87.7 Å². The molecule has 2 rings (SSSR count). The predicted molar refractivity (Wildman–Crippen MR) is 87.2 cm³/mol. The minimum absolute atomic E-state index is 0.0180. The summed E-state index contributed by atoms with van der Waals surface area (Å²) in [5.74, 6) is -0.861. The molecule has 0 aliphatic carbocycles. The summed E-state index contributed by atoms with van der Waals surface area (Å²) in [6.07, 6.45) is 2.86. The fourth-order valence-electron chi connectivity index (χ4n) is 4.37. The van der Waals surface area contributed by atoms with Crippen LogP contribution in [0.3, 0.4) is 0 Å². The molecule has 0 radical (unpaired) electrons. The van der Waals surface area contributed by atoms with Gasteiger partial charge in [-0.15, -0.1) is 0 Å². The monoisotopic (exact) mass is 326 g/mol. The molecule has 0 unspecified atom stereocenters. The highest BCUT2D eigenvalue weighted by Gasteiger charge is 2.43. The number of rotatable bonds is 4. The van der Waals surface area contributed by atoms with Crippen molar-refractivity contribution < 1.29 is 19.4 Å². The first-order valence-corrected chi connectivity index (χ1v) is 8.45. The predicted octanol–water partition coefficient (Wildman–Crippen LogP) is 1.68. The highest BCUT2D eigenvalue weighted by molar-refractivity contribution is 5.87. The minimum Gasteiger partial charge on any atom is -0.480 e. The number of carboxylic acids is 1. The molecule has 2 aliphatic heterocycles. The van der Waals surface area contributed by atoms with Gasteiger partial charge in [0.05, 0.1) is 0 Å². The lowest BCUT2D eigenvalue weighted by molar-refractivity contribution is -0.152. The van der Waals surface area contributed by atoms with Crippen LogP contribution in [0.25, 0.3) is 0 Å². The number of carboxylic acid groups (broad SMARTS) is 1. The number of hydrogen-bond acceptors (Lipinski definition) is 4. The molecule has 6 heteroatoms. The van der Waals surface area contributed by atoms with Gasteiger partial charge < -0.3 is 20.5 Å². The molecule has 2 saturated heterocycles. The highest BCUT2D eigenvalue weighted by atomic mass is 16.5. The third-order valence-electron chi connectivity index (χ3n) is 4.88. The Labute approximate surface area is 138 Å². The van der Waals surface area contributed by atoms with Crippen molar-refractivity contribution in [3.8, 4) is 0 Å². The summed E-state index contributed by atoms with van der Waals surface area (Å²) in [5, 5.41) is 15.9. The van der Waals surface area contributed by atoms with Crippen molar-refractivity contribution in [2.75, 3.05) is 13.2 Å². The Balaban J connectivity index is 1.99. The van der Waals surface area contributed by atoms with Crippen LogP contribution in [0.5, 0.6) is 0 Å². The SMILES string of the molecule is CC1(C)CC(CC(=O)NC2(C(=O)O)CCOCC2)CC(C)(C)N1. The third kappa shape index (κ3) is 4.67. The van der Waals surface area contributed by atoms with Gasteiger partial charge in [-0.05, 0) is 46.5 Å². The summed E-state index contributed by atoms with van der Waals surface area (Å²) in [4.78, 5) is 24.1. The van der Waals surface area contributed by atoms with E-state index < -0.39 is 11.5 Å².